The highest BCUT2D eigenvalue weighted by molar-refractivity contribution is 7.92. The van der Waals surface area contributed by atoms with Gasteiger partial charge in [-0.2, -0.15) is 0 Å². The number of hydrogen-bond donors (Lipinski definition) is 1. The van der Waals surface area contributed by atoms with Gasteiger partial charge in [0.15, 0.2) is 0 Å². The summed E-state index contributed by atoms with van der Waals surface area (Å²) in [5.74, 6) is -0.830. The third-order valence-corrected chi connectivity index (χ3v) is 6.68. The van der Waals surface area contributed by atoms with E-state index in [1.807, 2.05) is 0 Å². The van der Waals surface area contributed by atoms with Crippen molar-refractivity contribution in [1.29, 1.82) is 0 Å². The van der Waals surface area contributed by atoms with Gasteiger partial charge in [0.1, 0.15) is 0 Å². The third-order valence-electron chi connectivity index (χ3n) is 4.49. The maximum absolute atomic E-state index is 12.7. The van der Waals surface area contributed by atoms with Crippen molar-refractivity contribution in [2.75, 3.05) is 28.5 Å². The standard InChI is InChI=1S/C20H21ClN2O5S/c1-2-28-20(25)14-5-7-15(8-6-14)22-19(24)17-13-16(9-10-18(17)21)23-11-3-4-12-29(23,26)27/h5-10,13H,2-4,11-12H2,1H3,(H,22,24). The number of anilines is 2. The molecule has 1 amide bonds. The fourth-order valence-corrected chi connectivity index (χ4v) is 4.86. The molecule has 1 aliphatic rings. The SMILES string of the molecule is CCOC(=O)c1ccc(NC(=O)c2cc(N3CCCCS3(=O)=O)ccc2Cl)cc1. The van der Waals surface area contributed by atoms with Crippen LogP contribution in [0.3, 0.4) is 0 Å². The van der Waals surface area contributed by atoms with Gasteiger partial charge in [-0.25, -0.2) is 13.2 Å². The third kappa shape index (κ3) is 4.89. The van der Waals surface area contributed by atoms with Crippen LogP contribution in [-0.4, -0.2) is 39.2 Å². The Morgan fingerprint density at radius 3 is 2.52 bits per heavy atom. The normalized spacial score (nSPS) is 15.6. The number of hydrogen-bond acceptors (Lipinski definition) is 5. The maximum atomic E-state index is 12.7. The molecule has 0 atom stereocenters. The number of carbonyl (C=O) groups excluding carboxylic acids is 2. The zero-order chi connectivity index (χ0) is 21.0. The van der Waals surface area contributed by atoms with Crippen molar-refractivity contribution in [3.63, 3.8) is 0 Å². The zero-order valence-electron chi connectivity index (χ0n) is 15.9. The minimum absolute atomic E-state index is 0.0873. The summed E-state index contributed by atoms with van der Waals surface area (Å²) in [5.41, 5.74) is 1.42. The van der Waals surface area contributed by atoms with E-state index in [-0.39, 0.29) is 22.9 Å². The highest BCUT2D eigenvalue weighted by Gasteiger charge is 2.27. The van der Waals surface area contributed by atoms with Crippen LogP contribution in [0.5, 0.6) is 0 Å². The van der Waals surface area contributed by atoms with Crippen LogP contribution < -0.4 is 9.62 Å². The first kappa shape index (κ1) is 21.1. The number of carbonyl (C=O) groups is 2. The van der Waals surface area contributed by atoms with Crippen molar-refractivity contribution >= 4 is 44.9 Å². The van der Waals surface area contributed by atoms with Gasteiger partial charge in [0.2, 0.25) is 10.0 Å². The summed E-state index contributed by atoms with van der Waals surface area (Å²) in [4.78, 5) is 24.4. The number of sulfonamides is 1. The lowest BCUT2D eigenvalue weighted by Crippen LogP contribution is -2.38. The van der Waals surface area contributed by atoms with E-state index < -0.39 is 21.9 Å². The molecule has 0 radical (unpaired) electrons. The molecule has 7 nitrogen and oxygen atoms in total. The number of rotatable bonds is 5. The predicted octanol–water partition coefficient (Wildman–Crippen LogP) is 3.70. The minimum Gasteiger partial charge on any atom is -0.462 e. The van der Waals surface area contributed by atoms with E-state index in [9.17, 15) is 18.0 Å². The van der Waals surface area contributed by atoms with Gasteiger partial charge in [0, 0.05) is 12.2 Å². The van der Waals surface area contributed by atoms with Gasteiger partial charge >= 0.3 is 5.97 Å². The molecule has 0 bridgehead atoms. The molecule has 0 aliphatic carbocycles. The topological polar surface area (TPSA) is 92.8 Å². The molecule has 0 saturated carbocycles. The molecule has 0 unspecified atom stereocenters. The summed E-state index contributed by atoms with van der Waals surface area (Å²) in [7, 11) is -3.39. The van der Waals surface area contributed by atoms with Crippen LogP contribution >= 0.6 is 11.6 Å². The van der Waals surface area contributed by atoms with E-state index >= 15 is 0 Å². The fraction of sp³-hybridized carbons (Fsp3) is 0.300. The zero-order valence-corrected chi connectivity index (χ0v) is 17.4. The van der Waals surface area contributed by atoms with Gasteiger partial charge < -0.3 is 10.1 Å². The number of esters is 1. The molecule has 1 aliphatic heterocycles. The summed E-state index contributed by atoms with van der Waals surface area (Å²) in [6, 6.07) is 10.8. The average molecular weight is 437 g/mol. The Morgan fingerprint density at radius 1 is 1.14 bits per heavy atom. The second-order valence-corrected chi connectivity index (χ2v) is 8.93. The van der Waals surface area contributed by atoms with Gasteiger partial charge in [-0.05, 0) is 62.2 Å². The molecule has 0 aromatic heterocycles. The van der Waals surface area contributed by atoms with E-state index in [0.717, 1.165) is 6.42 Å². The summed E-state index contributed by atoms with van der Waals surface area (Å²) in [6.45, 7) is 2.37. The fourth-order valence-electron chi connectivity index (χ4n) is 3.02. The molecular formula is C20H21ClN2O5S. The number of ether oxygens (including phenoxy) is 1. The van der Waals surface area contributed by atoms with E-state index in [1.165, 1.54) is 16.4 Å². The molecule has 1 heterocycles. The van der Waals surface area contributed by atoms with Crippen molar-refractivity contribution in [2.45, 2.75) is 19.8 Å². The van der Waals surface area contributed by atoms with E-state index in [1.54, 1.807) is 37.3 Å². The van der Waals surface area contributed by atoms with Crippen molar-refractivity contribution in [2.24, 2.45) is 0 Å². The van der Waals surface area contributed by atoms with Crippen LogP contribution in [0.4, 0.5) is 11.4 Å². The summed E-state index contributed by atoms with van der Waals surface area (Å²) < 4.78 is 30.9. The first-order valence-corrected chi connectivity index (χ1v) is 11.2. The van der Waals surface area contributed by atoms with Crippen LogP contribution in [0, 0.1) is 0 Å². The molecule has 0 spiro atoms. The van der Waals surface area contributed by atoms with Gasteiger partial charge in [0.25, 0.3) is 5.91 Å². The van der Waals surface area contributed by atoms with Crippen molar-refractivity contribution < 1.29 is 22.7 Å². The second-order valence-electron chi connectivity index (χ2n) is 6.51. The summed E-state index contributed by atoms with van der Waals surface area (Å²) in [6.07, 6.45) is 1.39. The number of nitrogens with zero attached hydrogens (tertiary/aromatic N) is 1. The Kier molecular flexibility index (Phi) is 6.44. The molecule has 2 aromatic rings. The van der Waals surface area contributed by atoms with Gasteiger partial charge in [0.05, 0.1) is 34.2 Å². The molecule has 9 heteroatoms. The molecule has 3 rings (SSSR count). The van der Waals surface area contributed by atoms with Crippen LogP contribution in [0.25, 0.3) is 0 Å². The molecule has 154 valence electrons. The number of nitrogens with one attached hydrogen (secondary N) is 1. The highest BCUT2D eigenvalue weighted by Crippen LogP contribution is 2.28. The van der Waals surface area contributed by atoms with Gasteiger partial charge in [-0.3, -0.25) is 9.10 Å². The van der Waals surface area contributed by atoms with Crippen LogP contribution in [0.15, 0.2) is 42.5 Å². The predicted molar refractivity (Wildman–Crippen MR) is 112 cm³/mol. The van der Waals surface area contributed by atoms with Crippen LogP contribution in [0.1, 0.15) is 40.5 Å². The Morgan fingerprint density at radius 2 is 1.86 bits per heavy atom. The molecule has 1 N–H and O–H groups in total. The Hall–Kier alpha value is -2.58. The molecule has 1 fully saturated rings. The molecule has 2 aromatic carbocycles. The minimum atomic E-state index is -3.39. The van der Waals surface area contributed by atoms with E-state index in [4.69, 9.17) is 16.3 Å². The monoisotopic (exact) mass is 436 g/mol. The largest absolute Gasteiger partial charge is 0.462 e. The average Bonchev–Trinajstić information content (AvgIpc) is 2.69. The molecular weight excluding hydrogens is 416 g/mol. The summed E-state index contributed by atoms with van der Waals surface area (Å²) in [5, 5.41) is 2.92. The van der Waals surface area contributed by atoms with Crippen molar-refractivity contribution in [1.82, 2.24) is 0 Å². The Labute approximate surface area is 174 Å². The van der Waals surface area contributed by atoms with E-state index in [2.05, 4.69) is 5.32 Å². The summed E-state index contributed by atoms with van der Waals surface area (Å²) >= 11 is 6.18. The first-order valence-electron chi connectivity index (χ1n) is 9.20. The van der Waals surface area contributed by atoms with Crippen LogP contribution in [0.2, 0.25) is 5.02 Å². The lowest BCUT2D eigenvalue weighted by Gasteiger charge is -2.28. The smallest absolute Gasteiger partial charge is 0.338 e. The molecule has 29 heavy (non-hydrogen) atoms. The van der Waals surface area contributed by atoms with Crippen LogP contribution in [-0.2, 0) is 14.8 Å². The van der Waals surface area contributed by atoms with E-state index in [0.29, 0.717) is 29.9 Å². The lowest BCUT2D eigenvalue weighted by molar-refractivity contribution is 0.0526. The number of benzene rings is 2. The Balaban J connectivity index is 1.79. The molecule has 1 saturated heterocycles. The number of halogens is 1. The second kappa shape index (κ2) is 8.84. The van der Waals surface area contributed by atoms with Crippen molar-refractivity contribution in [3.8, 4) is 0 Å². The maximum Gasteiger partial charge on any atom is 0.338 e. The number of amides is 1. The lowest BCUT2D eigenvalue weighted by atomic mass is 10.1. The first-order chi connectivity index (χ1) is 13.8. The Bertz CT molecular complexity index is 1020. The van der Waals surface area contributed by atoms with Gasteiger partial charge in [-0.1, -0.05) is 11.6 Å². The van der Waals surface area contributed by atoms with Gasteiger partial charge in [-0.15, -0.1) is 0 Å². The van der Waals surface area contributed by atoms with Crippen molar-refractivity contribution in [3.05, 3.63) is 58.6 Å². The quantitative estimate of drug-likeness (QED) is 0.721. The highest BCUT2D eigenvalue weighted by atomic mass is 35.5.